The molecular formula is C15H16O. The fourth-order valence-corrected chi connectivity index (χ4v) is 1.58. The molecule has 0 aromatic heterocycles. The van der Waals surface area contributed by atoms with E-state index in [0.717, 1.165) is 17.9 Å². The van der Waals surface area contributed by atoms with Crippen molar-refractivity contribution in [2.45, 2.75) is 20.3 Å². The molecule has 0 heterocycles. The molecule has 0 bridgehead atoms. The second-order valence-electron chi connectivity index (χ2n) is 4.05. The first-order valence-electron chi connectivity index (χ1n) is 5.53. The molecule has 0 spiro atoms. The molecule has 0 N–H and O–H groups in total. The minimum Gasteiger partial charge on any atom is -0.458 e. The lowest BCUT2D eigenvalue weighted by atomic mass is 10.2. The lowest BCUT2D eigenvalue weighted by Gasteiger charge is -2.06. The average molecular weight is 212 g/mol. The molecule has 2 rings (SSSR count). The first-order chi connectivity index (χ1) is 7.74. The van der Waals surface area contributed by atoms with Gasteiger partial charge < -0.3 is 4.74 Å². The Hall–Kier alpha value is -1.76. The number of ether oxygens (including phenoxy) is 1. The van der Waals surface area contributed by atoms with E-state index in [9.17, 15) is 0 Å². The van der Waals surface area contributed by atoms with E-state index < -0.39 is 0 Å². The van der Waals surface area contributed by atoms with Crippen molar-refractivity contribution in [2.24, 2.45) is 0 Å². The van der Waals surface area contributed by atoms with E-state index in [1.54, 1.807) is 0 Å². The number of aryl methyl sites for hydroxylation is 1. The molecule has 0 atom stereocenters. The summed E-state index contributed by atoms with van der Waals surface area (Å²) < 4.78 is 5.81. The highest BCUT2D eigenvalue weighted by atomic mass is 16.5. The summed E-state index contributed by atoms with van der Waals surface area (Å²) in [6, 6.07) is 8.11. The smallest absolute Gasteiger partial charge is 0.127 e. The Morgan fingerprint density at radius 3 is 2.56 bits per heavy atom. The molecule has 0 saturated carbocycles. The topological polar surface area (TPSA) is 9.23 Å². The third-order valence-electron chi connectivity index (χ3n) is 2.46. The molecule has 0 fully saturated rings. The number of rotatable bonds is 2. The van der Waals surface area contributed by atoms with Crippen molar-refractivity contribution in [3.05, 3.63) is 65.5 Å². The van der Waals surface area contributed by atoms with E-state index in [0.29, 0.717) is 0 Å². The molecule has 1 aromatic carbocycles. The second-order valence-corrected chi connectivity index (χ2v) is 4.05. The van der Waals surface area contributed by atoms with Gasteiger partial charge in [0.25, 0.3) is 0 Å². The van der Waals surface area contributed by atoms with Gasteiger partial charge in [0.1, 0.15) is 11.5 Å². The number of hydrogen-bond acceptors (Lipinski definition) is 1. The summed E-state index contributed by atoms with van der Waals surface area (Å²) >= 11 is 0. The minimum atomic E-state index is 0.891. The number of hydrogen-bond donors (Lipinski definition) is 0. The van der Waals surface area contributed by atoms with Crippen LogP contribution >= 0.6 is 0 Å². The molecule has 1 aliphatic rings. The Morgan fingerprint density at radius 1 is 1.06 bits per heavy atom. The first kappa shape index (κ1) is 10.7. The quantitative estimate of drug-likeness (QED) is 0.715. The van der Waals surface area contributed by atoms with Crippen LogP contribution in [0.3, 0.4) is 0 Å². The number of allylic oxidation sites excluding steroid dienone is 5. The summed E-state index contributed by atoms with van der Waals surface area (Å²) in [4.78, 5) is 0. The van der Waals surface area contributed by atoms with E-state index >= 15 is 0 Å². The molecule has 0 aliphatic heterocycles. The lowest BCUT2D eigenvalue weighted by molar-refractivity contribution is 0.442. The molecule has 1 aromatic rings. The predicted molar refractivity (Wildman–Crippen MR) is 67.4 cm³/mol. The summed E-state index contributed by atoms with van der Waals surface area (Å²) in [5, 5.41) is 0. The van der Waals surface area contributed by atoms with Crippen LogP contribution in [0, 0.1) is 6.92 Å². The first-order valence-corrected chi connectivity index (χ1v) is 5.53. The normalized spacial score (nSPS) is 15.1. The maximum atomic E-state index is 5.81. The van der Waals surface area contributed by atoms with E-state index in [-0.39, 0.29) is 0 Å². The van der Waals surface area contributed by atoms with Gasteiger partial charge >= 0.3 is 0 Å². The highest BCUT2D eigenvalue weighted by molar-refractivity contribution is 5.34. The molecule has 1 aliphatic carbocycles. The number of benzene rings is 1. The van der Waals surface area contributed by atoms with Gasteiger partial charge in [-0.3, -0.25) is 0 Å². The zero-order chi connectivity index (χ0) is 11.4. The van der Waals surface area contributed by atoms with Gasteiger partial charge in [0.05, 0.1) is 0 Å². The highest BCUT2D eigenvalue weighted by Crippen LogP contribution is 2.18. The van der Waals surface area contributed by atoms with Crippen LogP contribution in [-0.4, -0.2) is 0 Å². The fraction of sp³-hybridized carbons (Fsp3) is 0.200. The molecule has 0 unspecified atom stereocenters. The van der Waals surface area contributed by atoms with E-state index in [1.165, 1.54) is 11.1 Å². The van der Waals surface area contributed by atoms with E-state index in [1.807, 2.05) is 12.1 Å². The maximum Gasteiger partial charge on any atom is 0.127 e. The predicted octanol–water partition coefficient (Wildman–Crippen LogP) is 4.16. The van der Waals surface area contributed by atoms with Crippen molar-refractivity contribution in [3.63, 3.8) is 0 Å². The summed E-state index contributed by atoms with van der Waals surface area (Å²) in [5.41, 5.74) is 2.46. The van der Waals surface area contributed by atoms with E-state index in [2.05, 4.69) is 50.3 Å². The highest BCUT2D eigenvalue weighted by Gasteiger charge is 2.00. The Labute approximate surface area is 96.8 Å². The van der Waals surface area contributed by atoms with Crippen LogP contribution in [0.1, 0.15) is 18.9 Å². The van der Waals surface area contributed by atoms with E-state index in [4.69, 9.17) is 4.74 Å². The van der Waals surface area contributed by atoms with Gasteiger partial charge in [0, 0.05) is 0 Å². The summed E-state index contributed by atoms with van der Waals surface area (Å²) in [6.07, 6.45) is 9.32. The van der Waals surface area contributed by atoms with Crippen molar-refractivity contribution in [3.8, 4) is 5.75 Å². The van der Waals surface area contributed by atoms with Gasteiger partial charge in [0.2, 0.25) is 0 Å². The molecule has 82 valence electrons. The SMILES string of the molecule is CC1=CC(Oc2ccc(C)cc2)=CCC=C1. The van der Waals surface area contributed by atoms with Gasteiger partial charge in [-0.25, -0.2) is 0 Å². The van der Waals surface area contributed by atoms with Crippen LogP contribution < -0.4 is 4.74 Å². The van der Waals surface area contributed by atoms with Crippen molar-refractivity contribution in [1.82, 2.24) is 0 Å². The molecule has 0 amide bonds. The van der Waals surface area contributed by atoms with Crippen LogP contribution in [-0.2, 0) is 0 Å². The van der Waals surface area contributed by atoms with Crippen LogP contribution in [0.15, 0.2) is 59.9 Å². The van der Waals surface area contributed by atoms with Crippen molar-refractivity contribution >= 4 is 0 Å². The summed E-state index contributed by atoms with van der Waals surface area (Å²) in [6.45, 7) is 4.15. The summed E-state index contributed by atoms with van der Waals surface area (Å²) in [7, 11) is 0. The zero-order valence-electron chi connectivity index (χ0n) is 9.73. The summed E-state index contributed by atoms with van der Waals surface area (Å²) in [5.74, 6) is 1.81. The Bertz CT molecular complexity index is 447. The maximum absolute atomic E-state index is 5.81. The zero-order valence-corrected chi connectivity index (χ0v) is 9.73. The fourth-order valence-electron chi connectivity index (χ4n) is 1.58. The minimum absolute atomic E-state index is 0.891. The van der Waals surface area contributed by atoms with Crippen molar-refractivity contribution in [1.29, 1.82) is 0 Å². The Kier molecular flexibility index (Phi) is 3.25. The van der Waals surface area contributed by atoms with Crippen molar-refractivity contribution in [2.75, 3.05) is 0 Å². The average Bonchev–Trinajstić information content (AvgIpc) is 2.46. The lowest BCUT2D eigenvalue weighted by Crippen LogP contribution is -1.92. The van der Waals surface area contributed by atoms with Gasteiger partial charge in [-0.15, -0.1) is 0 Å². The van der Waals surface area contributed by atoms with Crippen LogP contribution in [0.25, 0.3) is 0 Å². The van der Waals surface area contributed by atoms with Crippen LogP contribution in [0.4, 0.5) is 0 Å². The third-order valence-corrected chi connectivity index (χ3v) is 2.46. The molecular weight excluding hydrogens is 196 g/mol. The standard InChI is InChI=1S/C15H16O/c1-12-7-9-14(10-8-12)16-15-6-4-3-5-13(2)11-15/h3,5-11H,4H2,1-2H3. The van der Waals surface area contributed by atoms with Crippen LogP contribution in [0.2, 0.25) is 0 Å². The van der Waals surface area contributed by atoms with Gasteiger partial charge in [-0.1, -0.05) is 29.8 Å². The van der Waals surface area contributed by atoms with Crippen LogP contribution in [0.5, 0.6) is 5.75 Å². The molecule has 1 heteroatoms. The molecule has 0 saturated heterocycles. The molecule has 16 heavy (non-hydrogen) atoms. The second kappa shape index (κ2) is 4.84. The van der Waals surface area contributed by atoms with Crippen molar-refractivity contribution < 1.29 is 4.74 Å². The largest absolute Gasteiger partial charge is 0.458 e. The van der Waals surface area contributed by atoms with Gasteiger partial charge in [0.15, 0.2) is 0 Å². The molecule has 1 nitrogen and oxygen atoms in total. The third kappa shape index (κ3) is 2.86. The molecule has 0 radical (unpaired) electrons. The Balaban J connectivity index is 2.13. The van der Waals surface area contributed by atoms with Gasteiger partial charge in [-0.05, 0) is 50.1 Å². The monoisotopic (exact) mass is 212 g/mol. The Morgan fingerprint density at radius 2 is 1.81 bits per heavy atom. The van der Waals surface area contributed by atoms with Gasteiger partial charge in [-0.2, -0.15) is 0 Å².